The van der Waals surface area contributed by atoms with Crippen molar-refractivity contribution in [2.45, 2.75) is 118 Å². The van der Waals surface area contributed by atoms with Gasteiger partial charge in [-0.2, -0.15) is 0 Å². The number of hydrogen-bond donors (Lipinski definition) is 9. The molecule has 1 aromatic carbocycles. The number of carbonyl (C=O) groups is 7. The first kappa shape index (κ1) is 49.4. The van der Waals surface area contributed by atoms with E-state index >= 15 is 0 Å². The van der Waals surface area contributed by atoms with Crippen LogP contribution < -0.4 is 48.9 Å². The van der Waals surface area contributed by atoms with Gasteiger partial charge in [-0.15, -0.1) is 0 Å². The van der Waals surface area contributed by atoms with Gasteiger partial charge in [-0.1, -0.05) is 92.1 Å². The van der Waals surface area contributed by atoms with Crippen LogP contribution in [0, 0.1) is 23.7 Å². The van der Waals surface area contributed by atoms with Crippen molar-refractivity contribution in [2.24, 2.45) is 40.1 Å². The van der Waals surface area contributed by atoms with Crippen molar-refractivity contribution in [1.29, 1.82) is 0 Å². The maximum atomic E-state index is 13.7. The van der Waals surface area contributed by atoms with Gasteiger partial charge in [0.15, 0.2) is 5.96 Å². The van der Waals surface area contributed by atoms with E-state index in [-0.39, 0.29) is 49.7 Å². The molecule has 0 fully saturated rings. The number of carbonyl (C=O) groups excluding carboxylic acids is 7. The third kappa shape index (κ3) is 18.7. The number of nitrogens with zero attached hydrogens (tertiary/aromatic N) is 1. The highest BCUT2D eigenvalue weighted by atomic mass is 16.5. The van der Waals surface area contributed by atoms with Crippen molar-refractivity contribution in [3.05, 3.63) is 35.9 Å². The molecule has 0 radical (unpaired) electrons. The van der Waals surface area contributed by atoms with Crippen molar-refractivity contribution < 1.29 is 43.0 Å². The van der Waals surface area contributed by atoms with Gasteiger partial charge in [0.25, 0.3) is 5.91 Å². The summed E-state index contributed by atoms with van der Waals surface area (Å²) >= 11 is 0. The summed E-state index contributed by atoms with van der Waals surface area (Å²) in [5.41, 5.74) is 16.1. The van der Waals surface area contributed by atoms with Crippen LogP contribution in [0.3, 0.4) is 0 Å². The number of hydrogen-bond acceptors (Lipinski definition) is 10. The smallest absolute Gasteiger partial charge is 0.408 e. The standard InChI is InChI=1S/C38H64N10O9/c1-10-24(8)30(33(51)45-29(23(6)7)35(53)56-9)46-37(54)48-47-34(52)28(22(4)5)44-32(50)27(19-21(2)3)42-31(49)26(17-14-18-41-36(39)40)43-38(55)57-20-25-15-12-11-13-16-25/h11-13,15-16,21-24,26-30H,10,14,17-20H2,1-9H3,(H,42,49)(H,43,55)(H,44,50)(H,45,51)(H,47,52)(H4,39,40,41)(H2,46,48,54)/t24-,26-,27-,28-,29-,30-/m0/s1. The third-order valence-corrected chi connectivity index (χ3v) is 8.85. The van der Waals surface area contributed by atoms with Crippen LogP contribution in [0.15, 0.2) is 35.3 Å². The Labute approximate surface area is 335 Å². The molecule has 57 heavy (non-hydrogen) atoms. The number of methoxy groups -OCH3 is 1. The number of amides is 7. The Bertz CT molecular complexity index is 1500. The molecule has 0 bridgehead atoms. The lowest BCUT2D eigenvalue weighted by atomic mass is 9.97. The number of aliphatic imine (C=N–C) groups is 1. The van der Waals surface area contributed by atoms with Crippen molar-refractivity contribution in [3.8, 4) is 0 Å². The Balaban J connectivity index is 3.06. The molecule has 0 aliphatic heterocycles. The van der Waals surface area contributed by atoms with E-state index in [0.717, 1.165) is 5.56 Å². The number of esters is 1. The molecule has 0 saturated carbocycles. The first-order valence-electron chi connectivity index (χ1n) is 19.2. The Morgan fingerprint density at radius 2 is 1.30 bits per heavy atom. The van der Waals surface area contributed by atoms with Crippen LogP contribution in [0.1, 0.15) is 86.6 Å². The van der Waals surface area contributed by atoms with E-state index < -0.39 is 77.8 Å². The van der Waals surface area contributed by atoms with E-state index in [1.165, 1.54) is 7.11 Å². The number of nitrogens with one attached hydrogen (secondary N) is 7. The predicted molar refractivity (Wildman–Crippen MR) is 213 cm³/mol. The molecule has 11 N–H and O–H groups in total. The Morgan fingerprint density at radius 1 is 0.702 bits per heavy atom. The summed E-state index contributed by atoms with van der Waals surface area (Å²) in [6.45, 7) is 14.2. The second-order valence-electron chi connectivity index (χ2n) is 14.8. The molecule has 0 aromatic heterocycles. The Kier molecular flexibility index (Phi) is 22.1. The van der Waals surface area contributed by atoms with Crippen LogP contribution in [0.25, 0.3) is 0 Å². The average Bonchev–Trinajstić information content (AvgIpc) is 3.16. The molecule has 0 saturated heterocycles. The lowest BCUT2D eigenvalue weighted by Crippen LogP contribution is -2.61. The van der Waals surface area contributed by atoms with Crippen molar-refractivity contribution in [3.63, 3.8) is 0 Å². The first-order valence-corrected chi connectivity index (χ1v) is 19.2. The quantitative estimate of drug-likeness (QED) is 0.0263. The monoisotopic (exact) mass is 804 g/mol. The highest BCUT2D eigenvalue weighted by Gasteiger charge is 2.34. The number of nitrogens with two attached hydrogens (primary N) is 2. The number of rotatable bonds is 22. The third-order valence-electron chi connectivity index (χ3n) is 8.85. The van der Waals surface area contributed by atoms with Crippen molar-refractivity contribution in [2.75, 3.05) is 13.7 Å². The molecular formula is C38H64N10O9. The number of hydrazine groups is 1. The first-order chi connectivity index (χ1) is 26.8. The molecule has 19 nitrogen and oxygen atoms in total. The summed E-state index contributed by atoms with van der Waals surface area (Å²) in [6, 6.07) is 2.60. The number of urea groups is 1. The van der Waals surface area contributed by atoms with E-state index in [0.29, 0.717) is 12.8 Å². The van der Waals surface area contributed by atoms with Crippen LogP contribution in [0.4, 0.5) is 9.59 Å². The molecule has 19 heteroatoms. The van der Waals surface area contributed by atoms with Crippen LogP contribution >= 0.6 is 0 Å². The van der Waals surface area contributed by atoms with Gasteiger partial charge < -0.3 is 47.5 Å². The second kappa shape index (κ2) is 25.5. The maximum Gasteiger partial charge on any atom is 0.408 e. The van der Waals surface area contributed by atoms with Gasteiger partial charge in [-0.25, -0.2) is 19.8 Å². The molecule has 7 amide bonds. The summed E-state index contributed by atoms with van der Waals surface area (Å²) in [5, 5.41) is 13.1. The van der Waals surface area contributed by atoms with Crippen LogP contribution in [-0.2, 0) is 40.1 Å². The molecule has 0 unspecified atom stereocenters. The van der Waals surface area contributed by atoms with Crippen molar-refractivity contribution in [1.82, 2.24) is 37.4 Å². The molecule has 0 aliphatic carbocycles. The summed E-state index contributed by atoms with van der Waals surface area (Å²) in [6.07, 6.45) is 0.235. The number of ether oxygens (including phenoxy) is 2. The fourth-order valence-electron chi connectivity index (χ4n) is 5.39. The van der Waals surface area contributed by atoms with Crippen LogP contribution in [0.2, 0.25) is 0 Å². The normalized spacial score (nSPS) is 14.1. The van der Waals surface area contributed by atoms with E-state index in [1.54, 1.807) is 58.9 Å². The van der Waals surface area contributed by atoms with Gasteiger partial charge in [0.2, 0.25) is 17.7 Å². The molecular weight excluding hydrogens is 740 g/mol. The predicted octanol–water partition coefficient (Wildman–Crippen LogP) is 1.07. The zero-order chi connectivity index (χ0) is 43.2. The van der Waals surface area contributed by atoms with Gasteiger partial charge in [0.1, 0.15) is 36.8 Å². The fourth-order valence-corrected chi connectivity index (χ4v) is 5.39. The second-order valence-corrected chi connectivity index (χ2v) is 14.8. The molecule has 0 heterocycles. The van der Waals surface area contributed by atoms with Gasteiger partial charge in [0, 0.05) is 6.54 Å². The fraction of sp³-hybridized carbons (Fsp3) is 0.632. The largest absolute Gasteiger partial charge is 0.467 e. The van der Waals surface area contributed by atoms with Gasteiger partial charge in [0.05, 0.1) is 7.11 Å². The zero-order valence-corrected chi connectivity index (χ0v) is 34.6. The summed E-state index contributed by atoms with van der Waals surface area (Å²) in [7, 11) is 1.21. The highest BCUT2D eigenvalue weighted by Crippen LogP contribution is 2.12. The molecule has 320 valence electrons. The minimum Gasteiger partial charge on any atom is -0.467 e. The summed E-state index contributed by atoms with van der Waals surface area (Å²) < 4.78 is 10.1. The molecule has 1 aromatic rings. The van der Waals surface area contributed by atoms with Crippen LogP contribution in [-0.4, -0.2) is 91.5 Å². The molecule has 6 atom stereocenters. The SMILES string of the molecule is CC[C@H](C)[C@H](NC(=O)NNC(=O)[C@@H](NC(=O)[C@H](CC(C)C)NC(=O)[C@H](CCCN=C(N)N)NC(=O)OCc1ccccc1)C(C)C)C(=O)N[C@H](C(=O)OC)C(C)C. The Morgan fingerprint density at radius 3 is 1.84 bits per heavy atom. The molecule has 0 spiro atoms. The summed E-state index contributed by atoms with van der Waals surface area (Å²) in [5.74, 6) is -4.73. The van der Waals surface area contributed by atoms with E-state index in [1.807, 2.05) is 26.8 Å². The maximum absolute atomic E-state index is 13.7. The number of benzene rings is 1. The number of guanidine groups is 1. The minimum atomic E-state index is -1.17. The average molecular weight is 805 g/mol. The summed E-state index contributed by atoms with van der Waals surface area (Å²) in [4.78, 5) is 95.7. The van der Waals surface area contributed by atoms with Crippen LogP contribution in [0.5, 0.6) is 0 Å². The van der Waals surface area contributed by atoms with E-state index in [4.69, 9.17) is 20.9 Å². The minimum absolute atomic E-state index is 0.0356. The lowest BCUT2D eigenvalue weighted by molar-refractivity contribution is -0.146. The van der Waals surface area contributed by atoms with Gasteiger partial charge >= 0.3 is 18.1 Å². The van der Waals surface area contributed by atoms with Crippen molar-refractivity contribution >= 4 is 47.7 Å². The molecule has 1 rings (SSSR count). The topological polar surface area (TPSA) is 287 Å². The van der Waals surface area contributed by atoms with Gasteiger partial charge in [-0.3, -0.25) is 29.6 Å². The Hall–Kier alpha value is -5.62. The number of alkyl carbamates (subject to hydrolysis) is 1. The molecule has 0 aliphatic rings. The lowest BCUT2D eigenvalue weighted by Gasteiger charge is -2.28. The van der Waals surface area contributed by atoms with Gasteiger partial charge in [-0.05, 0) is 48.5 Å². The highest BCUT2D eigenvalue weighted by molar-refractivity contribution is 5.95. The zero-order valence-electron chi connectivity index (χ0n) is 34.6. The van der Waals surface area contributed by atoms with E-state index in [2.05, 4.69) is 42.4 Å². The van der Waals surface area contributed by atoms with E-state index in [9.17, 15) is 33.6 Å².